The molecule has 0 atom stereocenters. The second-order valence-corrected chi connectivity index (χ2v) is 4.98. The number of ether oxygens (including phenoxy) is 1. The third kappa shape index (κ3) is 2.46. The number of nitrogens with two attached hydrogens (primary N) is 1. The average Bonchev–Trinajstić information content (AvgIpc) is 2.65. The van der Waals surface area contributed by atoms with E-state index in [9.17, 15) is 0 Å². The quantitative estimate of drug-likeness (QED) is 0.883. The number of hydrogen-bond acceptors (Lipinski definition) is 4. The topological polar surface area (TPSA) is 56.3 Å². The van der Waals surface area contributed by atoms with E-state index in [1.165, 1.54) is 0 Å². The molecule has 2 rings (SSSR count). The van der Waals surface area contributed by atoms with Gasteiger partial charge in [-0.05, 0) is 19.3 Å². The van der Waals surface area contributed by atoms with Gasteiger partial charge in [0.05, 0.1) is 17.5 Å². The molecule has 18 heavy (non-hydrogen) atoms. The van der Waals surface area contributed by atoms with Crippen LogP contribution in [0.2, 0.25) is 0 Å². The minimum absolute atomic E-state index is 0.394. The van der Waals surface area contributed by atoms with E-state index in [2.05, 4.69) is 16.9 Å². The van der Waals surface area contributed by atoms with E-state index in [1.807, 2.05) is 11.7 Å². The SMILES string of the molecule is CCCc1nn(C)c(N2CCC(OC)CC2)c1N. The Kier molecular flexibility index (Phi) is 4.11. The van der Waals surface area contributed by atoms with E-state index in [4.69, 9.17) is 10.5 Å². The molecule has 1 saturated heterocycles. The maximum Gasteiger partial charge on any atom is 0.150 e. The third-order valence-electron chi connectivity index (χ3n) is 3.69. The van der Waals surface area contributed by atoms with Crippen molar-refractivity contribution in [3.63, 3.8) is 0 Å². The number of nitrogen functional groups attached to an aromatic ring is 1. The van der Waals surface area contributed by atoms with Crippen LogP contribution in [0, 0.1) is 0 Å². The molecule has 0 aliphatic carbocycles. The fourth-order valence-corrected chi connectivity index (χ4v) is 2.69. The lowest BCUT2D eigenvalue weighted by Crippen LogP contribution is -2.38. The fourth-order valence-electron chi connectivity index (χ4n) is 2.69. The summed E-state index contributed by atoms with van der Waals surface area (Å²) >= 11 is 0. The number of piperidine rings is 1. The number of aryl methyl sites for hydroxylation is 2. The molecule has 102 valence electrons. The van der Waals surface area contributed by atoms with Gasteiger partial charge in [0.25, 0.3) is 0 Å². The van der Waals surface area contributed by atoms with Gasteiger partial charge in [0.2, 0.25) is 0 Å². The summed E-state index contributed by atoms with van der Waals surface area (Å²) < 4.78 is 7.32. The summed E-state index contributed by atoms with van der Waals surface area (Å²) in [7, 11) is 3.77. The lowest BCUT2D eigenvalue weighted by molar-refractivity contribution is 0.0817. The molecular formula is C13H24N4O. The van der Waals surface area contributed by atoms with Gasteiger partial charge in [0, 0.05) is 27.2 Å². The van der Waals surface area contributed by atoms with Crippen LogP contribution in [0.4, 0.5) is 11.5 Å². The largest absolute Gasteiger partial charge is 0.394 e. The Morgan fingerprint density at radius 1 is 1.39 bits per heavy atom. The molecule has 0 unspecified atom stereocenters. The highest BCUT2D eigenvalue weighted by atomic mass is 16.5. The zero-order chi connectivity index (χ0) is 13.1. The second kappa shape index (κ2) is 5.61. The van der Waals surface area contributed by atoms with Gasteiger partial charge in [-0.25, -0.2) is 0 Å². The summed E-state index contributed by atoms with van der Waals surface area (Å²) in [5, 5.41) is 4.53. The zero-order valence-electron chi connectivity index (χ0n) is 11.6. The minimum atomic E-state index is 0.394. The summed E-state index contributed by atoms with van der Waals surface area (Å²) in [5.74, 6) is 1.08. The van der Waals surface area contributed by atoms with Gasteiger partial charge in [-0.3, -0.25) is 4.68 Å². The highest BCUT2D eigenvalue weighted by molar-refractivity contribution is 5.66. The Hall–Kier alpha value is -1.23. The monoisotopic (exact) mass is 252 g/mol. The van der Waals surface area contributed by atoms with Gasteiger partial charge >= 0.3 is 0 Å². The Morgan fingerprint density at radius 2 is 2.06 bits per heavy atom. The van der Waals surface area contributed by atoms with Crippen molar-refractivity contribution in [2.24, 2.45) is 7.05 Å². The van der Waals surface area contributed by atoms with Crippen LogP contribution in [-0.4, -0.2) is 36.1 Å². The molecule has 0 saturated carbocycles. The van der Waals surface area contributed by atoms with Gasteiger partial charge in [-0.15, -0.1) is 0 Å². The van der Waals surface area contributed by atoms with Crippen LogP contribution in [0.1, 0.15) is 31.9 Å². The van der Waals surface area contributed by atoms with E-state index < -0.39 is 0 Å². The molecule has 1 fully saturated rings. The first-order chi connectivity index (χ1) is 8.67. The van der Waals surface area contributed by atoms with Crippen molar-refractivity contribution in [2.75, 3.05) is 30.8 Å². The molecule has 1 aliphatic heterocycles. The number of anilines is 2. The minimum Gasteiger partial charge on any atom is -0.394 e. The first kappa shape index (κ1) is 13.2. The molecule has 2 N–H and O–H groups in total. The van der Waals surface area contributed by atoms with E-state index in [1.54, 1.807) is 7.11 Å². The molecule has 0 radical (unpaired) electrons. The molecule has 0 bridgehead atoms. The molecule has 2 heterocycles. The standard InChI is InChI=1S/C13H24N4O/c1-4-5-11-12(14)13(16(2)15-11)17-8-6-10(18-3)7-9-17/h10H,4-9,14H2,1-3H3. The van der Waals surface area contributed by atoms with Gasteiger partial charge in [0.1, 0.15) is 5.82 Å². The van der Waals surface area contributed by atoms with Crippen LogP contribution < -0.4 is 10.6 Å². The van der Waals surface area contributed by atoms with Crippen LogP contribution in [0.3, 0.4) is 0 Å². The van der Waals surface area contributed by atoms with Crippen LogP contribution in [-0.2, 0) is 18.2 Å². The highest BCUT2D eigenvalue weighted by Gasteiger charge is 2.24. The number of rotatable bonds is 4. The van der Waals surface area contributed by atoms with Crippen LogP contribution in [0.15, 0.2) is 0 Å². The van der Waals surface area contributed by atoms with E-state index in [-0.39, 0.29) is 0 Å². The van der Waals surface area contributed by atoms with Gasteiger partial charge in [-0.1, -0.05) is 13.3 Å². The van der Waals surface area contributed by atoms with Crippen LogP contribution in [0.25, 0.3) is 0 Å². The van der Waals surface area contributed by atoms with Crippen LogP contribution in [0.5, 0.6) is 0 Å². The summed E-state index contributed by atoms with van der Waals surface area (Å²) in [6.07, 6.45) is 4.54. The van der Waals surface area contributed by atoms with Crippen molar-refractivity contribution < 1.29 is 4.74 Å². The number of nitrogens with zero attached hydrogens (tertiary/aromatic N) is 3. The summed E-state index contributed by atoms with van der Waals surface area (Å²) in [5.41, 5.74) is 8.12. The smallest absolute Gasteiger partial charge is 0.150 e. The Labute approximate surface area is 109 Å². The highest BCUT2D eigenvalue weighted by Crippen LogP contribution is 2.29. The maximum absolute atomic E-state index is 6.23. The second-order valence-electron chi connectivity index (χ2n) is 4.98. The molecule has 5 nitrogen and oxygen atoms in total. The van der Waals surface area contributed by atoms with Crippen molar-refractivity contribution in [3.8, 4) is 0 Å². The summed E-state index contributed by atoms with van der Waals surface area (Å²) in [6.45, 7) is 4.14. The molecule has 0 aromatic carbocycles. The average molecular weight is 252 g/mol. The van der Waals surface area contributed by atoms with Crippen molar-refractivity contribution in [3.05, 3.63) is 5.69 Å². The maximum atomic E-state index is 6.23. The lowest BCUT2D eigenvalue weighted by Gasteiger charge is -2.32. The molecule has 1 aliphatic rings. The predicted molar refractivity (Wildman–Crippen MR) is 73.9 cm³/mol. The molecule has 1 aromatic heterocycles. The summed E-state index contributed by atoms with van der Waals surface area (Å²) in [4.78, 5) is 2.33. The molecule has 0 amide bonds. The zero-order valence-corrected chi connectivity index (χ0v) is 11.6. The number of aromatic nitrogens is 2. The van der Waals surface area contributed by atoms with Crippen molar-refractivity contribution in [1.82, 2.24) is 9.78 Å². The first-order valence-electron chi connectivity index (χ1n) is 6.76. The molecule has 5 heteroatoms. The number of hydrogen-bond donors (Lipinski definition) is 1. The molecule has 1 aromatic rings. The molecule has 0 spiro atoms. The van der Waals surface area contributed by atoms with Crippen LogP contribution >= 0.6 is 0 Å². The molecular weight excluding hydrogens is 228 g/mol. The first-order valence-corrected chi connectivity index (χ1v) is 6.76. The van der Waals surface area contributed by atoms with Gasteiger partial charge < -0.3 is 15.4 Å². The van der Waals surface area contributed by atoms with E-state index in [0.29, 0.717) is 6.10 Å². The summed E-state index contributed by atoms with van der Waals surface area (Å²) in [6, 6.07) is 0. The van der Waals surface area contributed by atoms with Gasteiger partial charge in [-0.2, -0.15) is 5.10 Å². The van der Waals surface area contributed by atoms with E-state index >= 15 is 0 Å². The fraction of sp³-hybridized carbons (Fsp3) is 0.769. The third-order valence-corrected chi connectivity index (χ3v) is 3.69. The van der Waals surface area contributed by atoms with Crippen molar-refractivity contribution >= 4 is 11.5 Å². The predicted octanol–water partition coefficient (Wildman–Crippen LogP) is 1.57. The lowest BCUT2D eigenvalue weighted by atomic mass is 10.1. The van der Waals surface area contributed by atoms with Crippen molar-refractivity contribution in [1.29, 1.82) is 0 Å². The Bertz CT molecular complexity index is 394. The van der Waals surface area contributed by atoms with Crippen molar-refractivity contribution in [2.45, 2.75) is 38.7 Å². The normalized spacial score (nSPS) is 17.4. The number of methoxy groups -OCH3 is 1. The Balaban J connectivity index is 2.13. The van der Waals surface area contributed by atoms with Gasteiger partial charge in [0.15, 0.2) is 0 Å². The van der Waals surface area contributed by atoms with E-state index in [0.717, 1.165) is 56.0 Å². The Morgan fingerprint density at radius 3 is 2.61 bits per heavy atom.